The van der Waals surface area contributed by atoms with E-state index in [0.717, 1.165) is 11.1 Å². The number of hydrogen-bond acceptors (Lipinski definition) is 4. The second kappa shape index (κ2) is 6.76. The molecule has 0 saturated heterocycles. The van der Waals surface area contributed by atoms with Crippen molar-refractivity contribution in [2.75, 3.05) is 5.32 Å². The number of benzene rings is 2. The standard InChI is InChI=1S/C14H12Cl2N2O3/c15-11-5-13(14(18(20)21)6-12(11)16)17-7-9-2-1-3-10(4-9)8-19/h1-6,17,19H,7-8H2. The highest BCUT2D eigenvalue weighted by Crippen LogP contribution is 2.34. The van der Waals surface area contributed by atoms with Gasteiger partial charge in [-0.3, -0.25) is 10.1 Å². The van der Waals surface area contributed by atoms with E-state index in [-0.39, 0.29) is 22.3 Å². The summed E-state index contributed by atoms with van der Waals surface area (Å²) in [4.78, 5) is 10.5. The summed E-state index contributed by atoms with van der Waals surface area (Å²) in [6.07, 6.45) is 0. The molecule has 2 N–H and O–H groups in total. The molecule has 0 bridgehead atoms. The Morgan fingerprint density at radius 3 is 2.48 bits per heavy atom. The van der Waals surface area contributed by atoms with E-state index in [9.17, 15) is 10.1 Å². The fraction of sp³-hybridized carbons (Fsp3) is 0.143. The maximum Gasteiger partial charge on any atom is 0.293 e. The summed E-state index contributed by atoms with van der Waals surface area (Å²) in [5.74, 6) is 0. The molecule has 5 nitrogen and oxygen atoms in total. The zero-order valence-corrected chi connectivity index (χ0v) is 12.4. The van der Waals surface area contributed by atoms with Crippen molar-refractivity contribution < 1.29 is 10.0 Å². The third kappa shape index (κ3) is 3.85. The first kappa shape index (κ1) is 15.6. The van der Waals surface area contributed by atoms with Crippen molar-refractivity contribution in [3.05, 3.63) is 67.7 Å². The molecule has 0 aliphatic carbocycles. The number of rotatable bonds is 5. The van der Waals surface area contributed by atoms with Crippen molar-refractivity contribution in [2.24, 2.45) is 0 Å². The lowest BCUT2D eigenvalue weighted by molar-refractivity contribution is -0.383. The van der Waals surface area contributed by atoms with Gasteiger partial charge < -0.3 is 10.4 Å². The van der Waals surface area contributed by atoms with E-state index >= 15 is 0 Å². The van der Waals surface area contributed by atoms with E-state index in [0.29, 0.717) is 12.2 Å². The summed E-state index contributed by atoms with van der Waals surface area (Å²) >= 11 is 11.7. The molecular formula is C14H12Cl2N2O3. The summed E-state index contributed by atoms with van der Waals surface area (Å²) in [6, 6.07) is 9.93. The Labute approximate surface area is 131 Å². The molecule has 0 atom stereocenters. The number of aliphatic hydroxyl groups is 1. The van der Waals surface area contributed by atoms with E-state index < -0.39 is 4.92 Å². The van der Waals surface area contributed by atoms with Crippen LogP contribution in [0.4, 0.5) is 11.4 Å². The smallest absolute Gasteiger partial charge is 0.293 e. The van der Waals surface area contributed by atoms with Crippen molar-refractivity contribution in [2.45, 2.75) is 13.2 Å². The quantitative estimate of drug-likeness (QED) is 0.643. The molecule has 0 aliphatic rings. The zero-order valence-electron chi connectivity index (χ0n) is 10.8. The van der Waals surface area contributed by atoms with Crippen LogP contribution in [0.5, 0.6) is 0 Å². The SMILES string of the molecule is O=[N+]([O-])c1cc(Cl)c(Cl)cc1NCc1cccc(CO)c1. The highest BCUT2D eigenvalue weighted by Gasteiger charge is 2.16. The predicted molar refractivity (Wildman–Crippen MR) is 82.8 cm³/mol. The van der Waals surface area contributed by atoms with Crippen molar-refractivity contribution in [3.8, 4) is 0 Å². The van der Waals surface area contributed by atoms with E-state index in [1.54, 1.807) is 6.07 Å². The third-order valence-electron chi connectivity index (χ3n) is 2.89. The molecule has 110 valence electrons. The number of anilines is 1. The van der Waals surface area contributed by atoms with Gasteiger partial charge in [-0.25, -0.2) is 0 Å². The van der Waals surface area contributed by atoms with Gasteiger partial charge in [0.2, 0.25) is 0 Å². The molecule has 0 aromatic heterocycles. The molecule has 0 fully saturated rings. The molecule has 2 aromatic carbocycles. The van der Waals surface area contributed by atoms with Crippen LogP contribution in [0.15, 0.2) is 36.4 Å². The topological polar surface area (TPSA) is 75.4 Å². The summed E-state index contributed by atoms with van der Waals surface area (Å²) < 4.78 is 0. The first-order valence-corrected chi connectivity index (χ1v) is 6.83. The first-order valence-electron chi connectivity index (χ1n) is 6.07. The van der Waals surface area contributed by atoms with E-state index in [2.05, 4.69) is 5.32 Å². The van der Waals surface area contributed by atoms with Crippen molar-refractivity contribution in [1.29, 1.82) is 0 Å². The van der Waals surface area contributed by atoms with Gasteiger partial charge in [0.1, 0.15) is 5.69 Å². The Bertz CT molecular complexity index is 677. The second-order valence-corrected chi connectivity index (χ2v) is 5.19. The largest absolute Gasteiger partial charge is 0.392 e. The van der Waals surface area contributed by atoms with Crippen LogP contribution in [0, 0.1) is 10.1 Å². The average molecular weight is 327 g/mol. The highest BCUT2D eigenvalue weighted by atomic mass is 35.5. The van der Waals surface area contributed by atoms with E-state index in [1.807, 2.05) is 18.2 Å². The van der Waals surface area contributed by atoms with Crippen LogP contribution in [0.3, 0.4) is 0 Å². The molecule has 0 radical (unpaired) electrons. The fourth-order valence-corrected chi connectivity index (χ4v) is 2.19. The number of nitro groups is 1. The predicted octanol–water partition coefficient (Wildman–Crippen LogP) is 4.01. The van der Waals surface area contributed by atoms with Crippen molar-refractivity contribution >= 4 is 34.6 Å². The summed E-state index contributed by atoms with van der Waals surface area (Å²) in [6.45, 7) is 0.313. The minimum Gasteiger partial charge on any atom is -0.392 e. The van der Waals surface area contributed by atoms with Crippen LogP contribution in [-0.2, 0) is 13.2 Å². The number of nitrogens with one attached hydrogen (secondary N) is 1. The fourth-order valence-electron chi connectivity index (χ4n) is 1.86. The second-order valence-electron chi connectivity index (χ2n) is 4.37. The number of aliphatic hydroxyl groups excluding tert-OH is 1. The molecule has 2 rings (SSSR count). The molecular weight excluding hydrogens is 315 g/mol. The Hall–Kier alpha value is -1.82. The number of halogens is 2. The zero-order chi connectivity index (χ0) is 15.4. The van der Waals surface area contributed by atoms with E-state index in [1.165, 1.54) is 12.1 Å². The minimum atomic E-state index is -0.519. The summed E-state index contributed by atoms with van der Waals surface area (Å²) in [7, 11) is 0. The molecule has 0 amide bonds. The van der Waals surface area contributed by atoms with Gasteiger partial charge in [0.15, 0.2) is 0 Å². The lowest BCUT2D eigenvalue weighted by Gasteiger charge is -2.09. The molecule has 7 heteroatoms. The maximum absolute atomic E-state index is 11.0. The first-order chi connectivity index (χ1) is 10.0. The average Bonchev–Trinajstić information content (AvgIpc) is 2.48. The van der Waals surface area contributed by atoms with Crippen LogP contribution >= 0.6 is 23.2 Å². The lowest BCUT2D eigenvalue weighted by atomic mass is 10.1. The molecule has 0 spiro atoms. The van der Waals surface area contributed by atoms with Gasteiger partial charge >= 0.3 is 0 Å². The molecule has 0 aliphatic heterocycles. The van der Waals surface area contributed by atoms with Crippen LogP contribution < -0.4 is 5.32 Å². The Morgan fingerprint density at radius 2 is 1.81 bits per heavy atom. The van der Waals surface area contributed by atoms with Gasteiger partial charge in [0, 0.05) is 12.6 Å². The van der Waals surface area contributed by atoms with Gasteiger partial charge in [-0.15, -0.1) is 0 Å². The van der Waals surface area contributed by atoms with E-state index in [4.69, 9.17) is 28.3 Å². The highest BCUT2D eigenvalue weighted by molar-refractivity contribution is 6.42. The minimum absolute atomic E-state index is 0.0548. The van der Waals surface area contributed by atoms with Gasteiger partial charge in [0.05, 0.1) is 21.6 Å². The van der Waals surface area contributed by atoms with Gasteiger partial charge in [-0.2, -0.15) is 0 Å². The monoisotopic (exact) mass is 326 g/mol. The normalized spacial score (nSPS) is 10.4. The summed E-state index contributed by atoms with van der Waals surface area (Å²) in [5, 5.41) is 23.5. The Balaban J connectivity index is 2.22. The molecule has 2 aromatic rings. The van der Waals surface area contributed by atoms with Crippen LogP contribution in [0.2, 0.25) is 10.0 Å². The summed E-state index contributed by atoms with van der Waals surface area (Å²) in [5.41, 5.74) is 1.83. The van der Waals surface area contributed by atoms with Gasteiger partial charge in [0.25, 0.3) is 5.69 Å². The van der Waals surface area contributed by atoms with Crippen LogP contribution in [0.25, 0.3) is 0 Å². The number of nitro benzene ring substituents is 1. The maximum atomic E-state index is 11.0. The number of nitrogens with zero attached hydrogens (tertiary/aromatic N) is 1. The lowest BCUT2D eigenvalue weighted by Crippen LogP contribution is -2.03. The number of hydrogen-bond donors (Lipinski definition) is 2. The van der Waals surface area contributed by atoms with Gasteiger partial charge in [-0.1, -0.05) is 47.5 Å². The van der Waals surface area contributed by atoms with Crippen LogP contribution in [0.1, 0.15) is 11.1 Å². The molecule has 21 heavy (non-hydrogen) atoms. The van der Waals surface area contributed by atoms with Crippen molar-refractivity contribution in [3.63, 3.8) is 0 Å². The van der Waals surface area contributed by atoms with Crippen molar-refractivity contribution in [1.82, 2.24) is 0 Å². The van der Waals surface area contributed by atoms with Crippen LogP contribution in [-0.4, -0.2) is 10.0 Å². The third-order valence-corrected chi connectivity index (χ3v) is 3.61. The molecule has 0 heterocycles. The Kier molecular flexibility index (Phi) is 5.01. The molecule has 0 unspecified atom stereocenters. The Morgan fingerprint density at radius 1 is 1.14 bits per heavy atom. The van der Waals surface area contributed by atoms with Gasteiger partial charge in [-0.05, 0) is 17.2 Å². The molecule has 0 saturated carbocycles.